The number of aromatic amines is 1. The van der Waals surface area contributed by atoms with E-state index in [9.17, 15) is 4.79 Å². The van der Waals surface area contributed by atoms with Crippen LogP contribution in [0.3, 0.4) is 0 Å². The van der Waals surface area contributed by atoms with Crippen molar-refractivity contribution in [1.82, 2.24) is 15.5 Å². The molecule has 1 heterocycles. The molecule has 1 amide bonds. The van der Waals surface area contributed by atoms with Gasteiger partial charge in [-0.15, -0.1) is 0 Å². The predicted octanol–water partition coefficient (Wildman–Crippen LogP) is 2.46. The van der Waals surface area contributed by atoms with E-state index < -0.39 is 0 Å². The minimum absolute atomic E-state index is 0.0614. The highest BCUT2D eigenvalue weighted by Gasteiger charge is 2.11. The second-order valence-electron chi connectivity index (χ2n) is 5.78. The number of carbonyl (C=O) groups excluding carboxylic acids is 1. The SMILES string of the molecule is Cc1[nH]ncc1CNC(=O)Cc1ccc2c(c1)CCCC2. The quantitative estimate of drug-likeness (QED) is 0.905. The molecule has 0 bridgehead atoms. The van der Waals surface area contributed by atoms with Gasteiger partial charge >= 0.3 is 0 Å². The Morgan fingerprint density at radius 1 is 1.29 bits per heavy atom. The molecular weight excluding hydrogens is 262 g/mol. The molecule has 1 aromatic heterocycles. The van der Waals surface area contributed by atoms with Crippen LogP contribution in [0, 0.1) is 6.92 Å². The number of nitrogens with zero attached hydrogens (tertiary/aromatic N) is 1. The zero-order chi connectivity index (χ0) is 14.7. The standard InChI is InChI=1S/C17H21N3O/c1-12-16(11-19-20-12)10-18-17(21)9-13-6-7-14-4-2-3-5-15(14)8-13/h6-8,11H,2-5,9-10H2,1H3,(H,18,21)(H,19,20). The van der Waals surface area contributed by atoms with E-state index in [-0.39, 0.29) is 5.91 Å². The molecule has 4 heteroatoms. The van der Waals surface area contributed by atoms with Gasteiger partial charge in [0.1, 0.15) is 0 Å². The zero-order valence-corrected chi connectivity index (χ0v) is 12.4. The summed E-state index contributed by atoms with van der Waals surface area (Å²) in [6.07, 6.45) is 7.10. The second kappa shape index (κ2) is 6.12. The Bertz CT molecular complexity index is 645. The van der Waals surface area contributed by atoms with Gasteiger partial charge in [-0.25, -0.2) is 0 Å². The number of rotatable bonds is 4. The van der Waals surface area contributed by atoms with Crippen LogP contribution in [-0.4, -0.2) is 16.1 Å². The smallest absolute Gasteiger partial charge is 0.224 e. The van der Waals surface area contributed by atoms with E-state index in [1.54, 1.807) is 6.20 Å². The summed E-state index contributed by atoms with van der Waals surface area (Å²) in [4.78, 5) is 12.0. The van der Waals surface area contributed by atoms with Crippen LogP contribution < -0.4 is 5.32 Å². The topological polar surface area (TPSA) is 57.8 Å². The number of hydrogen-bond acceptors (Lipinski definition) is 2. The molecule has 21 heavy (non-hydrogen) atoms. The molecule has 1 aliphatic rings. The number of fused-ring (bicyclic) bond motifs is 1. The Morgan fingerprint density at radius 3 is 2.86 bits per heavy atom. The number of aromatic nitrogens is 2. The molecule has 4 nitrogen and oxygen atoms in total. The summed E-state index contributed by atoms with van der Waals surface area (Å²) in [6, 6.07) is 6.49. The fourth-order valence-corrected chi connectivity index (χ4v) is 2.89. The highest BCUT2D eigenvalue weighted by Crippen LogP contribution is 2.22. The van der Waals surface area contributed by atoms with Gasteiger partial charge in [0.25, 0.3) is 0 Å². The first kappa shape index (κ1) is 13.9. The Balaban J connectivity index is 1.58. The first-order chi connectivity index (χ1) is 10.2. The zero-order valence-electron chi connectivity index (χ0n) is 12.4. The van der Waals surface area contributed by atoms with E-state index in [4.69, 9.17) is 0 Å². The van der Waals surface area contributed by atoms with Crippen molar-refractivity contribution in [3.8, 4) is 0 Å². The van der Waals surface area contributed by atoms with Crippen LogP contribution in [0.1, 0.15) is 40.8 Å². The highest BCUT2D eigenvalue weighted by molar-refractivity contribution is 5.78. The number of amides is 1. The van der Waals surface area contributed by atoms with Crippen LogP contribution >= 0.6 is 0 Å². The summed E-state index contributed by atoms with van der Waals surface area (Å²) in [7, 11) is 0. The molecule has 0 fully saturated rings. The highest BCUT2D eigenvalue weighted by atomic mass is 16.1. The van der Waals surface area contributed by atoms with Gasteiger partial charge in [-0.2, -0.15) is 5.10 Å². The van der Waals surface area contributed by atoms with Crippen LogP contribution in [0.5, 0.6) is 0 Å². The molecule has 0 atom stereocenters. The van der Waals surface area contributed by atoms with E-state index in [0.717, 1.165) is 23.2 Å². The first-order valence-electron chi connectivity index (χ1n) is 7.58. The number of nitrogens with one attached hydrogen (secondary N) is 2. The molecule has 0 aliphatic heterocycles. The van der Waals surface area contributed by atoms with Crippen molar-refractivity contribution in [2.45, 2.75) is 45.6 Å². The molecule has 1 aromatic carbocycles. The average molecular weight is 283 g/mol. The molecule has 3 rings (SSSR count). The largest absolute Gasteiger partial charge is 0.352 e. The van der Waals surface area contributed by atoms with Crippen LogP contribution in [0.15, 0.2) is 24.4 Å². The summed E-state index contributed by atoms with van der Waals surface area (Å²) < 4.78 is 0. The minimum atomic E-state index is 0.0614. The van der Waals surface area contributed by atoms with Gasteiger partial charge in [0.15, 0.2) is 0 Å². The van der Waals surface area contributed by atoms with Gasteiger partial charge in [0.05, 0.1) is 12.6 Å². The number of carbonyl (C=O) groups is 1. The molecule has 110 valence electrons. The van der Waals surface area contributed by atoms with E-state index >= 15 is 0 Å². The maximum absolute atomic E-state index is 12.0. The third-order valence-corrected chi connectivity index (χ3v) is 4.19. The van der Waals surface area contributed by atoms with Crippen molar-refractivity contribution in [2.24, 2.45) is 0 Å². The van der Waals surface area contributed by atoms with Crippen molar-refractivity contribution in [3.63, 3.8) is 0 Å². The lowest BCUT2D eigenvalue weighted by molar-refractivity contribution is -0.120. The predicted molar refractivity (Wildman–Crippen MR) is 82.0 cm³/mol. The number of benzene rings is 1. The Hall–Kier alpha value is -2.10. The molecular formula is C17H21N3O. The lowest BCUT2D eigenvalue weighted by Crippen LogP contribution is -2.24. The third kappa shape index (κ3) is 3.32. The first-order valence-corrected chi connectivity index (χ1v) is 7.58. The van der Waals surface area contributed by atoms with Crippen molar-refractivity contribution >= 4 is 5.91 Å². The fraction of sp³-hybridized carbons (Fsp3) is 0.412. The van der Waals surface area contributed by atoms with Crippen LogP contribution in [0.25, 0.3) is 0 Å². The molecule has 0 saturated carbocycles. The molecule has 2 aromatic rings. The number of H-pyrrole nitrogens is 1. The Kier molecular flexibility index (Phi) is 4.04. The van der Waals surface area contributed by atoms with Gasteiger partial charge in [0, 0.05) is 17.8 Å². The normalized spacial score (nSPS) is 13.8. The van der Waals surface area contributed by atoms with Crippen LogP contribution in [-0.2, 0) is 30.6 Å². The van der Waals surface area contributed by atoms with Crippen molar-refractivity contribution < 1.29 is 4.79 Å². The number of aryl methyl sites for hydroxylation is 3. The molecule has 1 aliphatic carbocycles. The molecule has 2 N–H and O–H groups in total. The third-order valence-electron chi connectivity index (χ3n) is 4.19. The molecule has 0 unspecified atom stereocenters. The summed E-state index contributed by atoms with van der Waals surface area (Å²) in [5.41, 5.74) is 6.03. The molecule has 0 radical (unpaired) electrons. The van der Waals surface area contributed by atoms with Crippen molar-refractivity contribution in [3.05, 3.63) is 52.3 Å². The summed E-state index contributed by atoms with van der Waals surface area (Å²) >= 11 is 0. The summed E-state index contributed by atoms with van der Waals surface area (Å²) in [6.45, 7) is 2.49. The lowest BCUT2D eigenvalue weighted by atomic mass is 9.90. The summed E-state index contributed by atoms with van der Waals surface area (Å²) in [5, 5.41) is 9.79. The van der Waals surface area contributed by atoms with Crippen LogP contribution in [0.4, 0.5) is 0 Å². The number of hydrogen-bond donors (Lipinski definition) is 2. The van der Waals surface area contributed by atoms with Gasteiger partial charge in [-0.3, -0.25) is 9.89 Å². The maximum Gasteiger partial charge on any atom is 0.224 e. The van der Waals surface area contributed by atoms with Gasteiger partial charge in [-0.1, -0.05) is 18.2 Å². The molecule has 0 saturated heterocycles. The molecule has 0 spiro atoms. The van der Waals surface area contributed by atoms with E-state index in [1.807, 2.05) is 6.92 Å². The monoisotopic (exact) mass is 283 g/mol. The average Bonchev–Trinajstić information content (AvgIpc) is 2.90. The van der Waals surface area contributed by atoms with E-state index in [1.165, 1.54) is 30.4 Å². The van der Waals surface area contributed by atoms with Crippen LogP contribution in [0.2, 0.25) is 0 Å². The second-order valence-corrected chi connectivity index (χ2v) is 5.78. The summed E-state index contributed by atoms with van der Waals surface area (Å²) in [5.74, 6) is 0.0614. The van der Waals surface area contributed by atoms with Crippen molar-refractivity contribution in [1.29, 1.82) is 0 Å². The van der Waals surface area contributed by atoms with E-state index in [2.05, 4.69) is 33.7 Å². The van der Waals surface area contributed by atoms with Crippen molar-refractivity contribution in [2.75, 3.05) is 0 Å². The Morgan fingerprint density at radius 2 is 2.10 bits per heavy atom. The van der Waals surface area contributed by atoms with E-state index in [0.29, 0.717) is 13.0 Å². The Labute approximate surface area is 125 Å². The van der Waals surface area contributed by atoms with Gasteiger partial charge < -0.3 is 5.32 Å². The fourth-order valence-electron chi connectivity index (χ4n) is 2.89. The maximum atomic E-state index is 12.0. The van der Waals surface area contributed by atoms with Gasteiger partial charge in [0.2, 0.25) is 5.91 Å². The minimum Gasteiger partial charge on any atom is -0.352 e. The van der Waals surface area contributed by atoms with Gasteiger partial charge in [-0.05, 0) is 49.3 Å². The lowest BCUT2D eigenvalue weighted by Gasteiger charge is -2.16.